The Bertz CT molecular complexity index is 1670. The van der Waals surface area contributed by atoms with Crippen molar-refractivity contribution in [1.29, 1.82) is 0 Å². The summed E-state index contributed by atoms with van der Waals surface area (Å²) in [7, 11) is -2.77. The third kappa shape index (κ3) is 5.36. The molecule has 4 aromatic rings. The zero-order valence-corrected chi connectivity index (χ0v) is 22.4. The summed E-state index contributed by atoms with van der Waals surface area (Å²) in [5.41, 5.74) is -0.0886. The molecule has 8 nitrogen and oxygen atoms in total. The second-order valence-electron chi connectivity index (χ2n) is 9.06. The first-order chi connectivity index (χ1) is 18.5. The summed E-state index contributed by atoms with van der Waals surface area (Å²) in [6.45, 7) is 1.80. The van der Waals surface area contributed by atoms with E-state index in [4.69, 9.17) is 4.74 Å². The number of aromatic hydroxyl groups is 1. The smallest absolute Gasteiger partial charge is 0.281 e. The Labute approximate surface area is 226 Å². The molecule has 1 aliphatic carbocycles. The van der Waals surface area contributed by atoms with Gasteiger partial charge in [0, 0.05) is 17.7 Å². The van der Waals surface area contributed by atoms with Gasteiger partial charge in [0.1, 0.15) is 5.67 Å². The molecule has 2 heterocycles. The summed E-state index contributed by atoms with van der Waals surface area (Å²) in [4.78, 5) is 8.47. The van der Waals surface area contributed by atoms with Crippen molar-refractivity contribution in [2.24, 2.45) is 0 Å². The zero-order chi connectivity index (χ0) is 27.9. The van der Waals surface area contributed by atoms with Crippen LogP contribution in [0, 0.1) is 18.6 Å². The predicted molar refractivity (Wildman–Crippen MR) is 141 cm³/mol. The van der Waals surface area contributed by atoms with Gasteiger partial charge in [0.2, 0.25) is 0 Å². The van der Waals surface area contributed by atoms with Crippen molar-refractivity contribution in [3.8, 4) is 22.8 Å². The van der Waals surface area contributed by atoms with Gasteiger partial charge in [-0.25, -0.2) is 23.1 Å². The van der Waals surface area contributed by atoms with Gasteiger partial charge in [-0.3, -0.25) is 4.72 Å². The van der Waals surface area contributed by atoms with E-state index >= 15 is 4.39 Å². The van der Waals surface area contributed by atoms with Crippen molar-refractivity contribution in [3.63, 3.8) is 0 Å². The van der Waals surface area contributed by atoms with Gasteiger partial charge in [-0.2, -0.15) is 8.42 Å². The topological polar surface area (TPSA) is 113 Å². The maximum atomic E-state index is 15.1. The van der Waals surface area contributed by atoms with Crippen molar-refractivity contribution >= 4 is 32.2 Å². The largest absolute Gasteiger partial charge is 0.504 e. The quantitative estimate of drug-likeness (QED) is 0.228. The molecule has 39 heavy (non-hydrogen) atoms. The first kappa shape index (κ1) is 26.8. The minimum absolute atomic E-state index is 0.00704. The Balaban J connectivity index is 1.37. The molecule has 1 fully saturated rings. The predicted octanol–water partition coefficient (Wildman–Crippen LogP) is 5.88. The lowest BCUT2D eigenvalue weighted by Crippen LogP contribution is -2.16. The van der Waals surface area contributed by atoms with E-state index in [2.05, 4.69) is 20.0 Å². The van der Waals surface area contributed by atoms with Gasteiger partial charge in [-0.05, 0) is 55.7 Å². The van der Waals surface area contributed by atoms with Crippen LogP contribution in [-0.4, -0.2) is 30.6 Å². The van der Waals surface area contributed by atoms with E-state index in [-0.39, 0.29) is 51.4 Å². The number of aryl methyl sites for hydroxylation is 1. The molecular formula is C26H23F3N4O4S2. The van der Waals surface area contributed by atoms with Crippen molar-refractivity contribution in [2.75, 3.05) is 17.1 Å². The molecule has 0 atom stereocenters. The second kappa shape index (κ2) is 10.0. The fourth-order valence-corrected chi connectivity index (χ4v) is 6.54. The summed E-state index contributed by atoms with van der Waals surface area (Å²) in [6, 6.07) is 9.74. The highest BCUT2D eigenvalue weighted by Gasteiger charge is 2.49. The standard InChI is InChI=1S/C26H23F3N4O4S2/c1-14-10-17(30-12-16-4-3-5-20(37-2)22(16)34)13-31-24(14)39(35,36)33-25-32-21(23(38-25)26(29)8-9-26)15-6-7-18(27)19(28)11-15/h3-7,10-11,13,30,34H,8-9,12H2,1-2H3,(H,32,33). The number of benzene rings is 2. The zero-order valence-electron chi connectivity index (χ0n) is 20.8. The number of halogens is 3. The molecule has 204 valence electrons. The van der Waals surface area contributed by atoms with E-state index in [9.17, 15) is 22.3 Å². The number of pyridine rings is 1. The van der Waals surface area contributed by atoms with Gasteiger partial charge in [0.15, 0.2) is 33.3 Å². The second-order valence-corrected chi connectivity index (χ2v) is 11.7. The van der Waals surface area contributed by atoms with Gasteiger partial charge in [0.25, 0.3) is 10.0 Å². The number of phenols is 1. The molecule has 1 saturated carbocycles. The minimum atomic E-state index is -4.22. The molecule has 0 spiro atoms. The summed E-state index contributed by atoms with van der Waals surface area (Å²) in [5.74, 6) is -1.85. The number of aromatic nitrogens is 2. The fourth-order valence-electron chi connectivity index (χ4n) is 4.02. The third-order valence-electron chi connectivity index (χ3n) is 6.21. The van der Waals surface area contributed by atoms with E-state index < -0.39 is 27.3 Å². The maximum Gasteiger partial charge on any atom is 0.281 e. The number of sulfonamides is 1. The molecule has 1 aliphatic rings. The number of hydrogen-bond donors (Lipinski definition) is 3. The van der Waals surface area contributed by atoms with Crippen LogP contribution in [0.4, 0.5) is 24.0 Å². The van der Waals surface area contributed by atoms with Gasteiger partial charge in [-0.1, -0.05) is 23.5 Å². The summed E-state index contributed by atoms with van der Waals surface area (Å²) >= 11 is 0.808. The van der Waals surface area contributed by atoms with Crippen LogP contribution in [0.5, 0.6) is 11.5 Å². The summed E-state index contributed by atoms with van der Waals surface area (Å²) in [5, 5.41) is 13.0. The van der Waals surface area contributed by atoms with Crippen molar-refractivity contribution in [2.45, 2.75) is 37.0 Å². The molecule has 0 unspecified atom stereocenters. The molecule has 3 N–H and O–H groups in total. The first-order valence-electron chi connectivity index (χ1n) is 11.7. The first-order valence-corrected chi connectivity index (χ1v) is 14.0. The van der Waals surface area contributed by atoms with Crippen molar-refractivity contribution in [3.05, 3.63) is 76.3 Å². The number of nitrogens with zero attached hydrogens (tertiary/aromatic N) is 2. The monoisotopic (exact) mass is 576 g/mol. The lowest BCUT2D eigenvalue weighted by Gasteiger charge is -2.12. The molecule has 2 aromatic heterocycles. The number of alkyl halides is 1. The number of thiazole rings is 1. The number of rotatable bonds is 9. The number of para-hydroxylation sites is 1. The Morgan fingerprint density at radius 3 is 2.59 bits per heavy atom. The molecule has 2 aromatic carbocycles. The van der Waals surface area contributed by atoms with Crippen molar-refractivity contribution in [1.82, 2.24) is 9.97 Å². The van der Waals surface area contributed by atoms with Gasteiger partial charge in [-0.15, -0.1) is 0 Å². The van der Waals surface area contributed by atoms with Crippen LogP contribution in [0.2, 0.25) is 0 Å². The molecule has 0 aliphatic heterocycles. The molecule has 0 radical (unpaired) electrons. The Morgan fingerprint density at radius 1 is 1.15 bits per heavy atom. The van der Waals surface area contributed by atoms with Crippen LogP contribution in [0.15, 0.2) is 53.7 Å². The Kier molecular flexibility index (Phi) is 6.89. The minimum Gasteiger partial charge on any atom is -0.504 e. The number of phenolic OH excluding ortho intramolecular Hbond substituents is 1. The van der Waals surface area contributed by atoms with Crippen LogP contribution in [-0.2, 0) is 22.2 Å². The van der Waals surface area contributed by atoms with Crippen LogP contribution >= 0.6 is 11.3 Å². The SMILES string of the molecule is COc1cccc(CNc2cnc(S(=O)(=O)Nc3nc(-c4ccc(F)c(F)c4)c(C4(F)CC4)s3)c(C)c2)c1O. The Hall–Kier alpha value is -3.84. The van der Waals surface area contributed by atoms with Crippen LogP contribution in [0.1, 0.15) is 28.8 Å². The van der Waals surface area contributed by atoms with Crippen LogP contribution < -0.4 is 14.8 Å². The van der Waals surface area contributed by atoms with Gasteiger partial charge < -0.3 is 15.2 Å². The van der Waals surface area contributed by atoms with E-state index in [1.807, 2.05) is 0 Å². The van der Waals surface area contributed by atoms with E-state index in [0.29, 0.717) is 22.6 Å². The van der Waals surface area contributed by atoms with Gasteiger partial charge in [0.05, 0.1) is 29.6 Å². The number of ether oxygens (including phenoxy) is 1. The molecule has 13 heteroatoms. The number of methoxy groups -OCH3 is 1. The number of anilines is 2. The third-order valence-corrected chi connectivity index (χ3v) is 8.89. The van der Waals surface area contributed by atoms with Crippen LogP contribution in [0.25, 0.3) is 11.3 Å². The van der Waals surface area contributed by atoms with E-state index in [1.165, 1.54) is 19.4 Å². The highest BCUT2D eigenvalue weighted by Crippen LogP contribution is 2.55. The number of nitrogens with one attached hydrogen (secondary N) is 2. The highest BCUT2D eigenvalue weighted by molar-refractivity contribution is 7.92. The lowest BCUT2D eigenvalue weighted by molar-refractivity contribution is 0.324. The highest BCUT2D eigenvalue weighted by atomic mass is 32.2. The maximum absolute atomic E-state index is 15.1. The van der Waals surface area contributed by atoms with Crippen molar-refractivity contribution < 1.29 is 31.4 Å². The summed E-state index contributed by atoms with van der Waals surface area (Å²) in [6.07, 6.45) is 1.78. The average molecular weight is 577 g/mol. The van der Waals surface area contributed by atoms with E-state index in [0.717, 1.165) is 23.5 Å². The Morgan fingerprint density at radius 2 is 1.92 bits per heavy atom. The molecular weight excluding hydrogens is 553 g/mol. The number of hydrogen-bond acceptors (Lipinski definition) is 8. The average Bonchev–Trinajstić information content (AvgIpc) is 3.50. The molecule has 0 bridgehead atoms. The summed E-state index contributed by atoms with van der Waals surface area (Å²) < 4.78 is 76.2. The van der Waals surface area contributed by atoms with E-state index in [1.54, 1.807) is 31.2 Å². The molecule has 0 amide bonds. The fraction of sp³-hybridized carbons (Fsp3) is 0.231. The lowest BCUT2D eigenvalue weighted by atomic mass is 10.1. The normalized spacial score (nSPS) is 14.2. The van der Waals surface area contributed by atoms with Crippen LogP contribution in [0.3, 0.4) is 0 Å². The van der Waals surface area contributed by atoms with Gasteiger partial charge >= 0.3 is 0 Å². The molecule has 5 rings (SSSR count). The molecule has 0 saturated heterocycles.